The van der Waals surface area contributed by atoms with E-state index < -0.39 is 5.97 Å². The summed E-state index contributed by atoms with van der Waals surface area (Å²) in [5, 5.41) is 0. The van der Waals surface area contributed by atoms with Crippen molar-refractivity contribution in [2.24, 2.45) is 0 Å². The second kappa shape index (κ2) is 5.00. The number of carbonyl (C=O) groups is 1. The van der Waals surface area contributed by atoms with E-state index in [0.717, 1.165) is 0 Å². The standard InChI is InChI=1S/C8H10N2O4/c1-12-6-3-9-8(10-4-6)14-5-7(11)13-2/h3-4H,5H2,1-2H3. The van der Waals surface area contributed by atoms with E-state index >= 15 is 0 Å². The Morgan fingerprint density at radius 2 is 2.00 bits per heavy atom. The molecule has 1 heterocycles. The Bertz CT molecular complexity index is 299. The first-order chi connectivity index (χ1) is 6.76. The third kappa shape index (κ3) is 2.89. The molecule has 1 aromatic heterocycles. The number of hydrogen-bond acceptors (Lipinski definition) is 6. The predicted molar refractivity (Wildman–Crippen MR) is 46.1 cm³/mol. The molecule has 0 radical (unpaired) electrons. The average molecular weight is 198 g/mol. The minimum absolute atomic E-state index is 0.108. The Balaban J connectivity index is 2.47. The highest BCUT2D eigenvalue weighted by Crippen LogP contribution is 2.08. The molecule has 0 aromatic carbocycles. The van der Waals surface area contributed by atoms with Crippen molar-refractivity contribution in [3.8, 4) is 11.8 Å². The highest BCUT2D eigenvalue weighted by atomic mass is 16.6. The minimum Gasteiger partial charge on any atom is -0.494 e. The molecule has 6 nitrogen and oxygen atoms in total. The van der Waals surface area contributed by atoms with Crippen LogP contribution in [0.4, 0.5) is 0 Å². The summed E-state index contributed by atoms with van der Waals surface area (Å²) in [7, 11) is 2.79. The highest BCUT2D eigenvalue weighted by Gasteiger charge is 2.03. The number of rotatable bonds is 4. The van der Waals surface area contributed by atoms with Crippen LogP contribution >= 0.6 is 0 Å². The molecule has 0 spiro atoms. The number of aromatic nitrogens is 2. The summed E-state index contributed by atoms with van der Waals surface area (Å²) < 4.78 is 14.1. The Labute approximate surface area is 80.8 Å². The fraction of sp³-hybridized carbons (Fsp3) is 0.375. The third-order valence-corrected chi connectivity index (χ3v) is 1.39. The fourth-order valence-electron chi connectivity index (χ4n) is 0.667. The van der Waals surface area contributed by atoms with Crippen molar-refractivity contribution in [3.63, 3.8) is 0 Å². The summed E-state index contributed by atoms with van der Waals surface area (Å²) in [5.41, 5.74) is 0. The molecule has 6 heteroatoms. The molecule has 14 heavy (non-hydrogen) atoms. The van der Waals surface area contributed by atoms with Gasteiger partial charge in [0.2, 0.25) is 0 Å². The van der Waals surface area contributed by atoms with Gasteiger partial charge in [0.1, 0.15) is 0 Å². The molecule has 0 unspecified atom stereocenters. The normalized spacial score (nSPS) is 9.29. The third-order valence-electron chi connectivity index (χ3n) is 1.39. The molecule has 0 bridgehead atoms. The van der Waals surface area contributed by atoms with E-state index in [-0.39, 0.29) is 12.6 Å². The number of hydrogen-bond donors (Lipinski definition) is 0. The van der Waals surface area contributed by atoms with Gasteiger partial charge in [-0.1, -0.05) is 0 Å². The number of carbonyl (C=O) groups excluding carboxylic acids is 1. The van der Waals surface area contributed by atoms with E-state index in [1.54, 1.807) is 0 Å². The van der Waals surface area contributed by atoms with E-state index in [1.807, 2.05) is 0 Å². The zero-order valence-corrected chi connectivity index (χ0v) is 7.89. The van der Waals surface area contributed by atoms with Gasteiger partial charge in [-0.3, -0.25) is 0 Å². The van der Waals surface area contributed by atoms with Crippen molar-refractivity contribution >= 4 is 5.97 Å². The van der Waals surface area contributed by atoms with Crippen LogP contribution in [0.5, 0.6) is 11.8 Å². The summed E-state index contributed by atoms with van der Waals surface area (Å²) >= 11 is 0. The lowest BCUT2D eigenvalue weighted by Crippen LogP contribution is -2.13. The van der Waals surface area contributed by atoms with E-state index in [2.05, 4.69) is 14.7 Å². The maximum absolute atomic E-state index is 10.7. The smallest absolute Gasteiger partial charge is 0.344 e. The van der Waals surface area contributed by atoms with Gasteiger partial charge < -0.3 is 14.2 Å². The molecule has 76 valence electrons. The van der Waals surface area contributed by atoms with Gasteiger partial charge in [0.15, 0.2) is 12.4 Å². The number of ether oxygens (including phenoxy) is 3. The lowest BCUT2D eigenvalue weighted by molar-refractivity contribution is -0.143. The summed E-state index contributed by atoms with van der Waals surface area (Å²) in [4.78, 5) is 18.3. The first-order valence-corrected chi connectivity index (χ1v) is 3.82. The lowest BCUT2D eigenvalue weighted by atomic mass is 10.6. The first kappa shape index (κ1) is 10.2. The number of methoxy groups -OCH3 is 2. The van der Waals surface area contributed by atoms with Gasteiger partial charge in [-0.15, -0.1) is 0 Å². The van der Waals surface area contributed by atoms with Crippen LogP contribution in [0, 0.1) is 0 Å². The zero-order chi connectivity index (χ0) is 10.4. The van der Waals surface area contributed by atoms with Crippen LogP contribution < -0.4 is 9.47 Å². The molecule has 0 aliphatic rings. The van der Waals surface area contributed by atoms with Crippen LogP contribution in [-0.2, 0) is 9.53 Å². The zero-order valence-electron chi connectivity index (χ0n) is 7.89. The molecule has 0 aliphatic carbocycles. The van der Waals surface area contributed by atoms with Gasteiger partial charge in [-0.2, -0.15) is 9.97 Å². The van der Waals surface area contributed by atoms with E-state index in [4.69, 9.17) is 9.47 Å². The van der Waals surface area contributed by atoms with Crippen molar-refractivity contribution in [1.82, 2.24) is 9.97 Å². The molecule has 0 saturated heterocycles. The SMILES string of the molecule is COC(=O)COc1ncc(OC)cn1. The molecular weight excluding hydrogens is 188 g/mol. The molecule has 0 aliphatic heterocycles. The topological polar surface area (TPSA) is 70.5 Å². The summed E-state index contributed by atoms with van der Waals surface area (Å²) in [6.45, 7) is -0.206. The molecule has 0 saturated carbocycles. The quantitative estimate of drug-likeness (QED) is 0.636. The Kier molecular flexibility index (Phi) is 3.66. The molecule has 0 atom stereocenters. The van der Waals surface area contributed by atoms with Crippen LogP contribution in [0.1, 0.15) is 0 Å². The lowest BCUT2D eigenvalue weighted by Gasteiger charge is -2.02. The Morgan fingerprint density at radius 3 is 2.50 bits per heavy atom. The van der Waals surface area contributed by atoms with Crippen LogP contribution in [0.2, 0.25) is 0 Å². The van der Waals surface area contributed by atoms with Gasteiger partial charge in [0.25, 0.3) is 0 Å². The maximum atomic E-state index is 10.7. The number of nitrogens with zero attached hydrogens (tertiary/aromatic N) is 2. The molecular formula is C8H10N2O4. The fourth-order valence-corrected chi connectivity index (χ4v) is 0.667. The van der Waals surface area contributed by atoms with Gasteiger partial charge in [-0.25, -0.2) is 4.79 Å². The van der Waals surface area contributed by atoms with Crippen molar-refractivity contribution in [2.75, 3.05) is 20.8 Å². The molecule has 1 rings (SSSR count). The monoisotopic (exact) mass is 198 g/mol. The van der Waals surface area contributed by atoms with Crippen LogP contribution in [0.15, 0.2) is 12.4 Å². The van der Waals surface area contributed by atoms with Crippen LogP contribution in [0.25, 0.3) is 0 Å². The van der Waals surface area contributed by atoms with Crippen LogP contribution in [-0.4, -0.2) is 36.8 Å². The van der Waals surface area contributed by atoms with E-state index in [1.165, 1.54) is 26.6 Å². The first-order valence-electron chi connectivity index (χ1n) is 3.82. The maximum Gasteiger partial charge on any atom is 0.344 e. The van der Waals surface area contributed by atoms with Gasteiger partial charge >= 0.3 is 12.0 Å². The molecule has 1 aromatic rings. The second-order valence-corrected chi connectivity index (χ2v) is 2.27. The summed E-state index contributed by atoms with van der Waals surface area (Å²) in [5.74, 6) is 0.0415. The van der Waals surface area contributed by atoms with Crippen molar-refractivity contribution in [2.45, 2.75) is 0 Å². The van der Waals surface area contributed by atoms with E-state index in [0.29, 0.717) is 5.75 Å². The molecule has 0 fully saturated rings. The van der Waals surface area contributed by atoms with Crippen molar-refractivity contribution in [3.05, 3.63) is 12.4 Å². The highest BCUT2D eigenvalue weighted by molar-refractivity contribution is 5.70. The number of esters is 1. The van der Waals surface area contributed by atoms with Gasteiger partial charge in [0.05, 0.1) is 26.6 Å². The Morgan fingerprint density at radius 1 is 1.36 bits per heavy atom. The van der Waals surface area contributed by atoms with Crippen LogP contribution in [0.3, 0.4) is 0 Å². The second-order valence-electron chi connectivity index (χ2n) is 2.27. The van der Waals surface area contributed by atoms with Crippen molar-refractivity contribution < 1.29 is 19.0 Å². The minimum atomic E-state index is -0.482. The molecule has 0 amide bonds. The largest absolute Gasteiger partial charge is 0.494 e. The average Bonchev–Trinajstić information content (AvgIpc) is 2.26. The van der Waals surface area contributed by atoms with E-state index in [9.17, 15) is 4.79 Å². The van der Waals surface area contributed by atoms with Gasteiger partial charge in [-0.05, 0) is 0 Å². The molecule has 0 N–H and O–H groups in total. The van der Waals surface area contributed by atoms with Crippen molar-refractivity contribution in [1.29, 1.82) is 0 Å². The predicted octanol–water partition coefficient (Wildman–Crippen LogP) is 0.0370. The summed E-state index contributed by atoms with van der Waals surface area (Å²) in [6.07, 6.45) is 2.89. The Hall–Kier alpha value is -1.85. The van der Waals surface area contributed by atoms with Gasteiger partial charge in [0, 0.05) is 0 Å². The summed E-state index contributed by atoms with van der Waals surface area (Å²) in [6, 6.07) is 0.108.